The van der Waals surface area contributed by atoms with Crippen molar-refractivity contribution in [2.24, 2.45) is 5.73 Å². The van der Waals surface area contributed by atoms with Crippen LogP contribution in [0.2, 0.25) is 0 Å². The van der Waals surface area contributed by atoms with Gasteiger partial charge in [-0.25, -0.2) is 13.8 Å². The Hall–Kier alpha value is -1.76. The zero-order chi connectivity index (χ0) is 13.7. The van der Waals surface area contributed by atoms with Crippen LogP contribution in [-0.2, 0) is 22.5 Å². The molecule has 0 aliphatic rings. The van der Waals surface area contributed by atoms with Crippen molar-refractivity contribution in [1.29, 1.82) is 0 Å². The van der Waals surface area contributed by atoms with Crippen LogP contribution in [0, 0.1) is 0 Å². The molecular weight excluding hydrogens is 246 g/mol. The summed E-state index contributed by atoms with van der Waals surface area (Å²) in [5, 5.41) is 9.50. The van der Waals surface area contributed by atoms with E-state index in [1.165, 1.54) is 0 Å². The lowest BCUT2D eigenvalue weighted by Crippen LogP contribution is -2.12. The van der Waals surface area contributed by atoms with Crippen molar-refractivity contribution in [1.82, 2.24) is 4.98 Å². The van der Waals surface area contributed by atoms with Crippen LogP contribution >= 0.6 is 0 Å². The van der Waals surface area contributed by atoms with Crippen molar-refractivity contribution in [3.05, 3.63) is 23.0 Å². The van der Waals surface area contributed by atoms with E-state index >= 15 is 0 Å². The minimum atomic E-state index is -2.85. The maximum Gasteiger partial charge on any atom is 0.310 e. The minimum absolute atomic E-state index is 0.0297. The van der Waals surface area contributed by atoms with Gasteiger partial charge in [0.25, 0.3) is 6.43 Å². The fraction of sp³-hybridized carbons (Fsp3) is 0.455. The monoisotopic (exact) mass is 260 g/mol. The van der Waals surface area contributed by atoms with Crippen LogP contribution in [0.5, 0.6) is 5.75 Å². The number of hydrogen-bond acceptors (Lipinski definition) is 5. The van der Waals surface area contributed by atoms with Gasteiger partial charge < -0.3 is 15.6 Å². The van der Waals surface area contributed by atoms with Gasteiger partial charge in [-0.05, 0) is 18.6 Å². The van der Waals surface area contributed by atoms with Crippen LogP contribution in [-0.4, -0.2) is 22.7 Å². The summed E-state index contributed by atoms with van der Waals surface area (Å²) in [6.45, 7) is 1.60. The highest BCUT2D eigenvalue weighted by Gasteiger charge is 2.20. The van der Waals surface area contributed by atoms with Gasteiger partial charge >= 0.3 is 5.97 Å². The number of esters is 1. The molecule has 1 heterocycles. The third-order valence-electron chi connectivity index (χ3n) is 2.23. The fourth-order valence-corrected chi connectivity index (χ4v) is 1.45. The lowest BCUT2D eigenvalue weighted by Gasteiger charge is -2.11. The Morgan fingerprint density at radius 2 is 2.28 bits per heavy atom. The number of aromatic hydroxyl groups is 1. The van der Waals surface area contributed by atoms with Gasteiger partial charge in [0.1, 0.15) is 11.4 Å². The highest BCUT2D eigenvalue weighted by Crippen LogP contribution is 2.26. The number of rotatable bonds is 5. The van der Waals surface area contributed by atoms with Gasteiger partial charge in [-0.15, -0.1) is 0 Å². The molecule has 1 aromatic rings. The predicted octanol–water partition coefficient (Wildman–Crippen LogP) is 1.29. The van der Waals surface area contributed by atoms with E-state index in [9.17, 15) is 18.7 Å². The average molecular weight is 260 g/mol. The molecule has 7 heteroatoms. The molecule has 0 aliphatic heterocycles. The Morgan fingerprint density at radius 1 is 1.61 bits per heavy atom. The quantitative estimate of drug-likeness (QED) is 0.779. The summed E-state index contributed by atoms with van der Waals surface area (Å²) in [7, 11) is 0. The lowest BCUT2D eigenvalue weighted by molar-refractivity contribution is -0.142. The Kier molecular flexibility index (Phi) is 4.96. The third kappa shape index (κ3) is 3.36. The van der Waals surface area contributed by atoms with Crippen molar-refractivity contribution in [3.63, 3.8) is 0 Å². The first kappa shape index (κ1) is 14.3. The Balaban J connectivity index is 3.09. The summed E-state index contributed by atoms with van der Waals surface area (Å²) >= 11 is 0. The predicted molar refractivity (Wildman–Crippen MR) is 59.1 cm³/mol. The van der Waals surface area contributed by atoms with E-state index in [1.807, 2.05) is 0 Å². The summed E-state index contributed by atoms with van der Waals surface area (Å²) in [4.78, 5) is 14.8. The number of aromatic nitrogens is 1. The number of ether oxygens (including phenoxy) is 1. The number of halogens is 2. The molecular formula is C11H14F2N2O3. The number of carbonyl (C=O) groups is 1. The molecule has 0 radical (unpaired) electrons. The highest BCUT2D eigenvalue weighted by atomic mass is 19.3. The zero-order valence-electron chi connectivity index (χ0n) is 9.82. The summed E-state index contributed by atoms with van der Waals surface area (Å²) in [6, 6.07) is 1.08. The first-order valence-electron chi connectivity index (χ1n) is 5.35. The standard InChI is InChI=1S/C11H14F2N2O3/c1-2-18-9(17)4-6-3-8(16)7(5-14)15-10(6)11(12)13/h3,11,16H,2,4-5,14H2,1H3. The van der Waals surface area contributed by atoms with Crippen molar-refractivity contribution < 1.29 is 23.4 Å². The number of nitrogens with zero attached hydrogens (tertiary/aromatic N) is 1. The largest absolute Gasteiger partial charge is 0.506 e. The molecule has 18 heavy (non-hydrogen) atoms. The van der Waals surface area contributed by atoms with E-state index in [0.717, 1.165) is 6.07 Å². The number of alkyl halides is 2. The molecule has 0 fully saturated rings. The summed E-state index contributed by atoms with van der Waals surface area (Å²) in [5.41, 5.74) is 4.62. The second kappa shape index (κ2) is 6.25. The Labute approximate surface area is 103 Å². The van der Waals surface area contributed by atoms with Gasteiger partial charge in [-0.2, -0.15) is 0 Å². The molecule has 0 amide bonds. The molecule has 0 aliphatic carbocycles. The van der Waals surface area contributed by atoms with E-state index in [2.05, 4.69) is 9.72 Å². The van der Waals surface area contributed by atoms with E-state index < -0.39 is 18.1 Å². The van der Waals surface area contributed by atoms with Crippen LogP contribution in [0.1, 0.15) is 30.3 Å². The smallest absolute Gasteiger partial charge is 0.310 e. The van der Waals surface area contributed by atoms with Crippen LogP contribution in [0.15, 0.2) is 6.07 Å². The normalized spacial score (nSPS) is 10.7. The van der Waals surface area contributed by atoms with Gasteiger partial charge in [0, 0.05) is 6.54 Å². The van der Waals surface area contributed by atoms with Gasteiger partial charge in [-0.3, -0.25) is 4.79 Å². The van der Waals surface area contributed by atoms with Crippen molar-refractivity contribution in [3.8, 4) is 5.75 Å². The van der Waals surface area contributed by atoms with E-state index in [1.54, 1.807) is 6.92 Å². The van der Waals surface area contributed by atoms with Gasteiger partial charge in [0.15, 0.2) is 0 Å². The topological polar surface area (TPSA) is 85.4 Å². The second-order valence-corrected chi connectivity index (χ2v) is 3.49. The number of hydrogen-bond donors (Lipinski definition) is 2. The van der Waals surface area contributed by atoms with Gasteiger partial charge in [0.2, 0.25) is 0 Å². The lowest BCUT2D eigenvalue weighted by atomic mass is 10.1. The molecule has 1 aromatic heterocycles. The van der Waals surface area contributed by atoms with E-state index in [0.29, 0.717) is 0 Å². The second-order valence-electron chi connectivity index (χ2n) is 3.49. The van der Waals surface area contributed by atoms with Crippen LogP contribution < -0.4 is 5.73 Å². The molecule has 0 saturated carbocycles. The summed E-state index contributed by atoms with van der Waals surface area (Å²) < 4.78 is 30.2. The number of nitrogens with two attached hydrogens (primary N) is 1. The van der Waals surface area contributed by atoms with Gasteiger partial charge in [-0.1, -0.05) is 0 Å². The number of carbonyl (C=O) groups excluding carboxylic acids is 1. The molecule has 5 nitrogen and oxygen atoms in total. The molecule has 3 N–H and O–H groups in total. The third-order valence-corrected chi connectivity index (χ3v) is 2.23. The van der Waals surface area contributed by atoms with E-state index in [-0.39, 0.29) is 36.6 Å². The molecule has 0 spiro atoms. The van der Waals surface area contributed by atoms with Crippen molar-refractivity contribution in [2.45, 2.75) is 26.3 Å². The number of pyridine rings is 1. The Morgan fingerprint density at radius 3 is 2.78 bits per heavy atom. The van der Waals surface area contributed by atoms with Crippen LogP contribution in [0.25, 0.3) is 0 Å². The summed E-state index contributed by atoms with van der Waals surface area (Å²) in [6.07, 6.45) is -3.21. The fourth-order valence-electron chi connectivity index (χ4n) is 1.45. The Bertz CT molecular complexity index is 439. The average Bonchev–Trinajstić information content (AvgIpc) is 2.29. The van der Waals surface area contributed by atoms with Crippen LogP contribution in [0.3, 0.4) is 0 Å². The SMILES string of the molecule is CCOC(=O)Cc1cc(O)c(CN)nc1C(F)F. The molecule has 0 bridgehead atoms. The summed E-state index contributed by atoms with van der Waals surface area (Å²) in [5.74, 6) is -0.956. The molecule has 0 saturated heterocycles. The maximum absolute atomic E-state index is 12.8. The molecule has 0 aromatic carbocycles. The van der Waals surface area contributed by atoms with Crippen molar-refractivity contribution in [2.75, 3.05) is 6.61 Å². The molecule has 1 rings (SSSR count). The van der Waals surface area contributed by atoms with Crippen molar-refractivity contribution >= 4 is 5.97 Å². The molecule has 0 unspecified atom stereocenters. The first-order valence-corrected chi connectivity index (χ1v) is 5.35. The maximum atomic E-state index is 12.8. The van der Waals surface area contributed by atoms with Gasteiger partial charge in [0.05, 0.1) is 18.7 Å². The van der Waals surface area contributed by atoms with Crippen LogP contribution in [0.4, 0.5) is 8.78 Å². The molecule has 0 atom stereocenters. The highest BCUT2D eigenvalue weighted by molar-refractivity contribution is 5.73. The van der Waals surface area contributed by atoms with E-state index in [4.69, 9.17) is 5.73 Å². The zero-order valence-corrected chi connectivity index (χ0v) is 9.82. The molecule has 100 valence electrons. The first-order chi connectivity index (χ1) is 8.49. The minimum Gasteiger partial charge on any atom is -0.506 e.